The topological polar surface area (TPSA) is 113 Å². The Hall–Kier alpha value is -1.14. The largest absolute Gasteiger partial charge is 0.480 e. The van der Waals surface area contributed by atoms with Crippen molar-refractivity contribution in [2.24, 2.45) is 5.73 Å². The molecule has 0 aliphatic rings. The van der Waals surface area contributed by atoms with Crippen LogP contribution < -0.4 is 11.1 Å². The molecule has 0 rings (SSSR count). The molecule has 0 radical (unpaired) electrons. The van der Waals surface area contributed by atoms with Gasteiger partial charge in [0, 0.05) is 0 Å². The second-order valence-corrected chi connectivity index (χ2v) is 3.81. The Labute approximate surface area is 94.8 Å². The molecule has 0 bridgehead atoms. The highest BCUT2D eigenvalue weighted by Crippen LogP contribution is 2.00. The molecule has 6 heteroatoms. The zero-order chi connectivity index (χ0) is 12.7. The summed E-state index contributed by atoms with van der Waals surface area (Å²) < 4.78 is 0. The van der Waals surface area contributed by atoms with Crippen LogP contribution >= 0.6 is 0 Å². The highest BCUT2D eigenvalue weighted by molar-refractivity contribution is 5.87. The van der Waals surface area contributed by atoms with Crippen LogP contribution in [0.3, 0.4) is 0 Å². The van der Waals surface area contributed by atoms with Gasteiger partial charge in [-0.05, 0) is 13.3 Å². The van der Waals surface area contributed by atoms with Gasteiger partial charge in [0.2, 0.25) is 5.91 Å². The van der Waals surface area contributed by atoms with E-state index in [-0.39, 0.29) is 0 Å². The molecule has 1 amide bonds. The summed E-state index contributed by atoms with van der Waals surface area (Å²) in [6.07, 6.45) is 1.08. The van der Waals surface area contributed by atoms with E-state index >= 15 is 0 Å². The summed E-state index contributed by atoms with van der Waals surface area (Å²) in [5.74, 6) is -1.81. The van der Waals surface area contributed by atoms with E-state index in [0.29, 0.717) is 6.42 Å². The van der Waals surface area contributed by atoms with Gasteiger partial charge in [0.15, 0.2) is 6.04 Å². The summed E-state index contributed by atoms with van der Waals surface area (Å²) in [5, 5.41) is 20.1. The molecule has 0 aromatic carbocycles. The minimum absolute atomic E-state index is 0.508. The van der Waals surface area contributed by atoms with Gasteiger partial charge in [-0.15, -0.1) is 0 Å². The van der Waals surface area contributed by atoms with Crippen molar-refractivity contribution in [1.29, 1.82) is 0 Å². The van der Waals surface area contributed by atoms with Gasteiger partial charge in [-0.25, -0.2) is 4.79 Å². The number of carbonyl (C=O) groups excluding carboxylic acids is 1. The third-order valence-corrected chi connectivity index (χ3v) is 2.25. The van der Waals surface area contributed by atoms with Crippen LogP contribution in [0.2, 0.25) is 0 Å². The van der Waals surface area contributed by atoms with Crippen molar-refractivity contribution >= 4 is 11.9 Å². The van der Waals surface area contributed by atoms with Crippen LogP contribution in [0.4, 0.5) is 0 Å². The van der Waals surface area contributed by atoms with E-state index in [4.69, 9.17) is 15.9 Å². The van der Waals surface area contributed by atoms with Gasteiger partial charge in [0.1, 0.15) is 0 Å². The smallest absolute Gasteiger partial charge is 0.328 e. The Kier molecular flexibility index (Phi) is 6.67. The van der Waals surface area contributed by atoms with Crippen molar-refractivity contribution in [3.8, 4) is 0 Å². The monoisotopic (exact) mass is 232 g/mol. The normalized spacial score (nSPS) is 16.2. The number of rotatable bonds is 7. The zero-order valence-electron chi connectivity index (χ0n) is 9.64. The number of aliphatic hydroxyl groups excluding tert-OH is 1. The van der Waals surface area contributed by atoms with Crippen molar-refractivity contribution in [2.45, 2.75) is 51.3 Å². The molecule has 0 aromatic rings. The lowest BCUT2D eigenvalue weighted by molar-refractivity contribution is -0.145. The summed E-state index contributed by atoms with van der Waals surface area (Å²) in [6.45, 7) is 3.27. The fraction of sp³-hybridized carbons (Fsp3) is 0.800. The fourth-order valence-electron chi connectivity index (χ4n) is 1.20. The van der Waals surface area contributed by atoms with E-state index in [0.717, 1.165) is 12.8 Å². The zero-order valence-corrected chi connectivity index (χ0v) is 9.64. The standard InChI is InChI=1S/C10H20N2O4/c1-3-4-5-7(11)9(14)12-8(6(2)13)10(15)16/h6-8,13H,3-5,11H2,1-2H3,(H,12,14)(H,15,16)/t6-,7+,8+/m1/s1. The number of aliphatic carboxylic acids is 1. The molecule has 6 nitrogen and oxygen atoms in total. The third-order valence-electron chi connectivity index (χ3n) is 2.25. The number of nitrogens with two attached hydrogens (primary N) is 1. The predicted octanol–water partition coefficient (Wildman–Crippen LogP) is -0.546. The number of aliphatic hydroxyl groups is 1. The lowest BCUT2D eigenvalue weighted by Crippen LogP contribution is -2.52. The predicted molar refractivity (Wildman–Crippen MR) is 58.7 cm³/mol. The lowest BCUT2D eigenvalue weighted by atomic mass is 10.1. The first-order valence-corrected chi connectivity index (χ1v) is 5.37. The average molecular weight is 232 g/mol. The molecule has 0 spiro atoms. The molecule has 0 heterocycles. The van der Waals surface area contributed by atoms with Crippen LogP contribution in [0.1, 0.15) is 33.1 Å². The first kappa shape index (κ1) is 14.9. The molecule has 0 saturated carbocycles. The molecule has 0 unspecified atom stereocenters. The van der Waals surface area contributed by atoms with Gasteiger partial charge >= 0.3 is 5.97 Å². The van der Waals surface area contributed by atoms with Crippen LogP contribution in [0.5, 0.6) is 0 Å². The highest BCUT2D eigenvalue weighted by Gasteiger charge is 2.26. The van der Waals surface area contributed by atoms with Crippen LogP contribution in [0.15, 0.2) is 0 Å². The van der Waals surface area contributed by atoms with E-state index in [1.165, 1.54) is 6.92 Å². The van der Waals surface area contributed by atoms with Crippen molar-refractivity contribution < 1.29 is 19.8 Å². The molecule has 0 aliphatic heterocycles. The minimum Gasteiger partial charge on any atom is -0.480 e. The minimum atomic E-state index is -1.31. The van der Waals surface area contributed by atoms with Gasteiger partial charge in [0.25, 0.3) is 0 Å². The number of carbonyl (C=O) groups is 2. The number of nitrogens with one attached hydrogen (secondary N) is 1. The van der Waals surface area contributed by atoms with E-state index in [2.05, 4.69) is 5.32 Å². The molecule has 0 aromatic heterocycles. The van der Waals surface area contributed by atoms with Gasteiger partial charge in [-0.2, -0.15) is 0 Å². The van der Waals surface area contributed by atoms with Crippen LogP contribution in [-0.2, 0) is 9.59 Å². The second kappa shape index (κ2) is 7.19. The van der Waals surface area contributed by atoms with Crippen molar-refractivity contribution in [1.82, 2.24) is 5.32 Å². The lowest BCUT2D eigenvalue weighted by Gasteiger charge is -2.19. The van der Waals surface area contributed by atoms with E-state index in [9.17, 15) is 9.59 Å². The van der Waals surface area contributed by atoms with Crippen LogP contribution in [0.25, 0.3) is 0 Å². The Morgan fingerprint density at radius 3 is 2.38 bits per heavy atom. The number of unbranched alkanes of at least 4 members (excludes halogenated alkanes) is 1. The summed E-state index contributed by atoms with van der Waals surface area (Å²) in [7, 11) is 0. The quantitative estimate of drug-likeness (QED) is 0.470. The summed E-state index contributed by atoms with van der Waals surface area (Å²) >= 11 is 0. The number of amides is 1. The molecule has 94 valence electrons. The Balaban J connectivity index is 4.24. The molecule has 16 heavy (non-hydrogen) atoms. The maximum Gasteiger partial charge on any atom is 0.328 e. The SMILES string of the molecule is CCCC[C@H](N)C(=O)N[C@H](C(=O)O)[C@@H](C)O. The van der Waals surface area contributed by atoms with Gasteiger partial charge in [-0.3, -0.25) is 4.79 Å². The number of hydrogen-bond acceptors (Lipinski definition) is 4. The third kappa shape index (κ3) is 5.09. The first-order chi connectivity index (χ1) is 7.40. The first-order valence-electron chi connectivity index (χ1n) is 5.37. The van der Waals surface area contributed by atoms with Crippen molar-refractivity contribution in [3.63, 3.8) is 0 Å². The van der Waals surface area contributed by atoms with Crippen molar-refractivity contribution in [3.05, 3.63) is 0 Å². The summed E-state index contributed by atoms with van der Waals surface area (Å²) in [6, 6.07) is -2.03. The Morgan fingerprint density at radius 2 is 2.00 bits per heavy atom. The van der Waals surface area contributed by atoms with E-state index in [1.807, 2.05) is 6.92 Å². The van der Waals surface area contributed by atoms with Gasteiger partial charge in [0.05, 0.1) is 12.1 Å². The molecule has 0 aliphatic carbocycles. The molecular weight excluding hydrogens is 212 g/mol. The van der Waals surface area contributed by atoms with E-state index in [1.54, 1.807) is 0 Å². The number of carboxylic acid groups (broad SMARTS) is 1. The molecule has 3 atom stereocenters. The van der Waals surface area contributed by atoms with Gasteiger partial charge < -0.3 is 21.3 Å². The average Bonchev–Trinajstić information content (AvgIpc) is 2.20. The molecule has 0 fully saturated rings. The van der Waals surface area contributed by atoms with Gasteiger partial charge in [-0.1, -0.05) is 19.8 Å². The second-order valence-electron chi connectivity index (χ2n) is 3.81. The molecular formula is C10H20N2O4. The van der Waals surface area contributed by atoms with Crippen LogP contribution in [0, 0.1) is 0 Å². The number of hydrogen-bond donors (Lipinski definition) is 4. The molecule has 0 saturated heterocycles. The highest BCUT2D eigenvalue weighted by atomic mass is 16.4. The van der Waals surface area contributed by atoms with Crippen molar-refractivity contribution in [2.75, 3.05) is 0 Å². The molecule has 5 N–H and O–H groups in total. The van der Waals surface area contributed by atoms with Crippen LogP contribution in [-0.4, -0.2) is 40.3 Å². The number of carboxylic acids is 1. The maximum atomic E-state index is 11.5. The fourth-order valence-corrected chi connectivity index (χ4v) is 1.20. The Bertz CT molecular complexity index is 243. The Morgan fingerprint density at radius 1 is 1.44 bits per heavy atom. The summed E-state index contributed by atoms with van der Waals surface area (Å²) in [5.41, 5.74) is 5.57. The maximum absolute atomic E-state index is 11.5. The summed E-state index contributed by atoms with van der Waals surface area (Å²) in [4.78, 5) is 22.2. The van der Waals surface area contributed by atoms with E-state index < -0.39 is 30.1 Å².